The summed E-state index contributed by atoms with van der Waals surface area (Å²) in [5, 5.41) is 6.73. The minimum Gasteiger partial charge on any atom is -0.469 e. The molecule has 6 heteroatoms. The zero-order valence-corrected chi connectivity index (χ0v) is 14.1. The van der Waals surface area contributed by atoms with Gasteiger partial charge in [0.15, 0.2) is 5.13 Å². The quantitative estimate of drug-likeness (QED) is 0.845. The van der Waals surface area contributed by atoms with E-state index in [1.54, 1.807) is 11.3 Å². The Balaban J connectivity index is 1.78. The Hall–Kier alpha value is -1.14. The highest BCUT2D eigenvalue weighted by atomic mass is 32.1. The second-order valence-electron chi connectivity index (χ2n) is 6.29. The number of ether oxygens (including phenoxy) is 1. The third-order valence-corrected chi connectivity index (χ3v) is 4.96. The number of rotatable bonds is 5. The van der Waals surface area contributed by atoms with Gasteiger partial charge < -0.3 is 15.0 Å². The fourth-order valence-corrected chi connectivity index (χ4v) is 3.37. The second kappa shape index (κ2) is 6.75. The zero-order chi connectivity index (χ0) is 15.5. The molecule has 0 bridgehead atoms. The average molecular weight is 311 g/mol. The molecule has 0 unspecified atom stereocenters. The first kappa shape index (κ1) is 16.2. The monoisotopic (exact) mass is 311 g/mol. The van der Waals surface area contributed by atoms with Crippen LogP contribution in [0.3, 0.4) is 0 Å². The molecular weight excluding hydrogens is 286 g/mol. The third-order valence-electron chi connectivity index (χ3n) is 3.94. The summed E-state index contributed by atoms with van der Waals surface area (Å²) < 4.78 is 4.84. The number of hydrogen-bond acceptors (Lipinski definition) is 6. The molecule has 2 rings (SSSR count). The van der Waals surface area contributed by atoms with E-state index in [2.05, 4.69) is 20.6 Å². The van der Waals surface area contributed by atoms with Gasteiger partial charge >= 0.3 is 5.97 Å². The number of nitrogens with zero attached hydrogens (tertiary/aromatic N) is 2. The summed E-state index contributed by atoms with van der Waals surface area (Å²) in [5.74, 6) is -0.161. The fourth-order valence-electron chi connectivity index (χ4n) is 2.51. The molecule has 1 aromatic rings. The van der Waals surface area contributed by atoms with Gasteiger partial charge in [0.1, 0.15) is 0 Å². The molecule has 5 nitrogen and oxygen atoms in total. The van der Waals surface area contributed by atoms with E-state index in [9.17, 15) is 4.79 Å². The Bertz CT molecular complexity index is 479. The van der Waals surface area contributed by atoms with Gasteiger partial charge in [0.05, 0.1) is 18.2 Å². The number of piperidine rings is 1. The first-order valence-electron chi connectivity index (χ1n) is 7.41. The summed E-state index contributed by atoms with van der Waals surface area (Å²) in [6.07, 6.45) is 2.16. The van der Waals surface area contributed by atoms with Crippen LogP contribution in [0.2, 0.25) is 0 Å². The van der Waals surface area contributed by atoms with Crippen molar-refractivity contribution in [1.29, 1.82) is 0 Å². The molecule has 1 aliphatic heterocycles. The van der Waals surface area contributed by atoms with Crippen molar-refractivity contribution in [3.05, 3.63) is 11.1 Å². The predicted molar refractivity (Wildman–Crippen MR) is 85.9 cm³/mol. The normalized spacial score (nSPS) is 17.0. The van der Waals surface area contributed by atoms with E-state index < -0.39 is 5.41 Å². The Morgan fingerprint density at radius 2 is 2.19 bits per heavy atom. The number of anilines is 1. The summed E-state index contributed by atoms with van der Waals surface area (Å²) in [7, 11) is 1.44. The number of carbonyl (C=O) groups is 1. The highest BCUT2D eigenvalue weighted by Gasteiger charge is 2.30. The van der Waals surface area contributed by atoms with Crippen LogP contribution in [0.25, 0.3) is 0 Å². The summed E-state index contributed by atoms with van der Waals surface area (Å²) >= 11 is 1.72. The number of carbonyl (C=O) groups excluding carboxylic acids is 1. The first-order chi connectivity index (χ1) is 9.92. The maximum Gasteiger partial charge on any atom is 0.312 e. The van der Waals surface area contributed by atoms with E-state index in [0.29, 0.717) is 12.6 Å². The lowest BCUT2D eigenvalue weighted by Gasteiger charge is -2.34. The lowest BCUT2D eigenvalue weighted by Crippen LogP contribution is -2.47. The molecule has 1 saturated heterocycles. The highest BCUT2D eigenvalue weighted by molar-refractivity contribution is 7.13. The summed E-state index contributed by atoms with van der Waals surface area (Å²) in [5.41, 5.74) is 0.619. The van der Waals surface area contributed by atoms with E-state index >= 15 is 0 Å². The molecule has 1 aromatic heterocycles. The van der Waals surface area contributed by atoms with Gasteiger partial charge in [-0.05, 0) is 33.6 Å². The fraction of sp³-hybridized carbons (Fsp3) is 0.733. The Labute approximate surface area is 130 Å². The lowest BCUT2D eigenvalue weighted by atomic mass is 9.92. The van der Waals surface area contributed by atoms with Gasteiger partial charge in [-0.15, -0.1) is 11.3 Å². The number of nitrogens with one attached hydrogen (secondary N) is 1. The van der Waals surface area contributed by atoms with Gasteiger partial charge in [-0.1, -0.05) is 0 Å². The smallest absolute Gasteiger partial charge is 0.312 e. The predicted octanol–water partition coefficient (Wildman–Crippen LogP) is 2.21. The molecule has 0 saturated carbocycles. The highest BCUT2D eigenvalue weighted by Crippen LogP contribution is 2.24. The van der Waals surface area contributed by atoms with Crippen molar-refractivity contribution in [2.24, 2.45) is 5.41 Å². The van der Waals surface area contributed by atoms with Crippen molar-refractivity contribution in [3.8, 4) is 0 Å². The van der Waals surface area contributed by atoms with Crippen LogP contribution < -0.4 is 10.2 Å². The molecule has 2 heterocycles. The number of aryl methyl sites for hydroxylation is 1. The van der Waals surface area contributed by atoms with Crippen molar-refractivity contribution in [3.63, 3.8) is 0 Å². The van der Waals surface area contributed by atoms with Crippen LogP contribution >= 0.6 is 11.3 Å². The molecule has 0 aromatic carbocycles. The largest absolute Gasteiger partial charge is 0.469 e. The van der Waals surface area contributed by atoms with Gasteiger partial charge in [0, 0.05) is 31.1 Å². The Morgan fingerprint density at radius 1 is 1.52 bits per heavy atom. The van der Waals surface area contributed by atoms with E-state index in [1.165, 1.54) is 7.11 Å². The maximum absolute atomic E-state index is 11.7. The van der Waals surface area contributed by atoms with Crippen molar-refractivity contribution < 1.29 is 9.53 Å². The van der Waals surface area contributed by atoms with Crippen molar-refractivity contribution >= 4 is 22.4 Å². The van der Waals surface area contributed by atoms with Crippen molar-refractivity contribution in [1.82, 2.24) is 10.3 Å². The van der Waals surface area contributed by atoms with Crippen LogP contribution in [0.5, 0.6) is 0 Å². The third kappa shape index (κ3) is 4.17. The molecule has 0 aliphatic carbocycles. The minimum atomic E-state index is -0.474. The summed E-state index contributed by atoms with van der Waals surface area (Å²) in [6, 6.07) is 0.464. The van der Waals surface area contributed by atoms with Crippen molar-refractivity contribution in [2.45, 2.75) is 39.7 Å². The van der Waals surface area contributed by atoms with Crippen LogP contribution in [0, 0.1) is 12.3 Å². The second-order valence-corrected chi connectivity index (χ2v) is 7.13. The zero-order valence-electron chi connectivity index (χ0n) is 13.3. The molecule has 0 spiro atoms. The van der Waals surface area contributed by atoms with Gasteiger partial charge in [-0.3, -0.25) is 4.79 Å². The van der Waals surface area contributed by atoms with Gasteiger partial charge in [-0.25, -0.2) is 4.98 Å². The van der Waals surface area contributed by atoms with E-state index in [0.717, 1.165) is 36.8 Å². The van der Waals surface area contributed by atoms with Gasteiger partial charge in [-0.2, -0.15) is 0 Å². The minimum absolute atomic E-state index is 0.161. The lowest BCUT2D eigenvalue weighted by molar-refractivity contribution is -0.150. The molecule has 0 amide bonds. The first-order valence-corrected chi connectivity index (χ1v) is 8.29. The van der Waals surface area contributed by atoms with Crippen LogP contribution in [-0.2, 0) is 9.53 Å². The molecule has 0 radical (unpaired) electrons. The maximum atomic E-state index is 11.7. The van der Waals surface area contributed by atoms with Crippen LogP contribution in [0.1, 0.15) is 32.4 Å². The van der Waals surface area contributed by atoms with Gasteiger partial charge in [0.2, 0.25) is 0 Å². The summed E-state index contributed by atoms with van der Waals surface area (Å²) in [6.45, 7) is 8.55. The van der Waals surface area contributed by atoms with E-state index in [1.807, 2.05) is 20.8 Å². The Kier molecular flexibility index (Phi) is 5.22. The molecule has 1 fully saturated rings. The van der Waals surface area contributed by atoms with E-state index in [-0.39, 0.29) is 5.97 Å². The molecule has 1 aliphatic rings. The molecule has 21 heavy (non-hydrogen) atoms. The summed E-state index contributed by atoms with van der Waals surface area (Å²) in [4.78, 5) is 18.6. The average Bonchev–Trinajstić information content (AvgIpc) is 2.91. The van der Waals surface area contributed by atoms with Gasteiger partial charge in [0.25, 0.3) is 0 Å². The number of hydrogen-bond donors (Lipinski definition) is 1. The topological polar surface area (TPSA) is 54.5 Å². The van der Waals surface area contributed by atoms with Crippen LogP contribution in [-0.4, -0.2) is 43.7 Å². The molecular formula is C15H25N3O2S. The number of methoxy groups -OCH3 is 1. The standard InChI is InChI=1S/C15H25N3O2S/c1-11-9-21-14(17-11)18-7-5-12(6-8-18)16-10-15(2,3)13(19)20-4/h9,12,16H,5-8,10H2,1-4H3. The van der Waals surface area contributed by atoms with Crippen LogP contribution in [0.4, 0.5) is 5.13 Å². The number of esters is 1. The van der Waals surface area contributed by atoms with E-state index in [4.69, 9.17) is 4.74 Å². The number of thiazole rings is 1. The SMILES string of the molecule is COC(=O)C(C)(C)CNC1CCN(c2nc(C)cs2)CC1. The molecule has 1 N–H and O–H groups in total. The molecule has 0 atom stereocenters. The van der Waals surface area contributed by atoms with Crippen LogP contribution in [0.15, 0.2) is 5.38 Å². The van der Waals surface area contributed by atoms with Crippen molar-refractivity contribution in [2.75, 3.05) is 31.6 Å². The number of aromatic nitrogens is 1. The Morgan fingerprint density at radius 3 is 2.71 bits per heavy atom. The molecule has 118 valence electrons.